The maximum absolute atomic E-state index is 10.1. The van der Waals surface area contributed by atoms with Gasteiger partial charge in [-0.2, -0.15) is 0 Å². The molecule has 0 saturated heterocycles. The van der Waals surface area contributed by atoms with Crippen LogP contribution in [0.2, 0.25) is 0 Å². The highest BCUT2D eigenvalue weighted by Crippen LogP contribution is 2.28. The normalized spacial score (nSPS) is 14.6. The van der Waals surface area contributed by atoms with Crippen molar-refractivity contribution < 1.29 is 10.2 Å². The van der Waals surface area contributed by atoms with Crippen molar-refractivity contribution in [3.63, 3.8) is 0 Å². The Hall–Kier alpha value is -1.10. The number of anilines is 1. The van der Waals surface area contributed by atoms with Gasteiger partial charge in [-0.3, -0.25) is 0 Å². The van der Waals surface area contributed by atoms with E-state index in [0.717, 1.165) is 11.1 Å². The first kappa shape index (κ1) is 14.0. The minimum atomic E-state index is -0.929. The summed E-state index contributed by atoms with van der Waals surface area (Å²) in [4.78, 5) is 0. The Balaban J connectivity index is 2.91. The Bertz CT molecular complexity index is 380. The van der Waals surface area contributed by atoms with Crippen molar-refractivity contribution in [3.8, 4) is 0 Å². The number of aryl methyl sites for hydroxylation is 2. The molecule has 0 aliphatic carbocycles. The van der Waals surface area contributed by atoms with Crippen molar-refractivity contribution in [2.24, 2.45) is 0 Å². The molecule has 96 valence electrons. The van der Waals surface area contributed by atoms with Crippen molar-refractivity contribution in [2.75, 3.05) is 19.3 Å². The second kappa shape index (κ2) is 6.00. The molecule has 2 unspecified atom stereocenters. The number of rotatable bonds is 5. The Morgan fingerprint density at radius 2 is 1.94 bits per heavy atom. The van der Waals surface area contributed by atoms with Gasteiger partial charge in [-0.05, 0) is 39.4 Å². The molecular weight excluding hydrogens is 216 g/mol. The number of hydrogen-bond donors (Lipinski definition) is 4. The van der Waals surface area contributed by atoms with Crippen LogP contribution in [0.1, 0.15) is 29.2 Å². The third-order valence-corrected chi connectivity index (χ3v) is 2.94. The summed E-state index contributed by atoms with van der Waals surface area (Å²) in [6.45, 7) is 4.50. The lowest BCUT2D eigenvalue weighted by Gasteiger charge is -2.21. The lowest BCUT2D eigenvalue weighted by Crippen LogP contribution is -2.24. The zero-order valence-electron chi connectivity index (χ0n) is 10.7. The van der Waals surface area contributed by atoms with Crippen LogP contribution < -0.4 is 11.1 Å². The van der Waals surface area contributed by atoms with E-state index in [2.05, 4.69) is 5.32 Å². The molecule has 0 amide bonds. The number of aliphatic hydroxyl groups is 2. The molecule has 0 bridgehead atoms. The fraction of sp³-hybridized carbons (Fsp3) is 0.538. The van der Waals surface area contributed by atoms with Gasteiger partial charge in [0.2, 0.25) is 0 Å². The fourth-order valence-corrected chi connectivity index (χ4v) is 1.91. The number of aliphatic hydroxyl groups excluding tert-OH is 2. The molecule has 4 heteroatoms. The molecule has 0 radical (unpaired) electrons. The third kappa shape index (κ3) is 3.43. The first-order valence-corrected chi connectivity index (χ1v) is 5.84. The predicted octanol–water partition coefficient (Wildman–Crippen LogP) is 0.889. The maximum atomic E-state index is 10.1. The van der Waals surface area contributed by atoms with E-state index < -0.39 is 12.2 Å². The quantitative estimate of drug-likeness (QED) is 0.574. The van der Waals surface area contributed by atoms with E-state index in [0.29, 0.717) is 24.2 Å². The Kier molecular flexibility index (Phi) is 4.93. The SMILES string of the molecule is CNCCC(O)C(O)c1cc(C)cc(C)c1N. The molecule has 0 fully saturated rings. The smallest absolute Gasteiger partial charge is 0.107 e. The van der Waals surface area contributed by atoms with Crippen LogP contribution >= 0.6 is 0 Å². The molecule has 1 aromatic rings. The van der Waals surface area contributed by atoms with E-state index in [1.54, 1.807) is 0 Å². The highest BCUT2D eigenvalue weighted by atomic mass is 16.3. The van der Waals surface area contributed by atoms with Crippen LogP contribution in [0.3, 0.4) is 0 Å². The van der Waals surface area contributed by atoms with Crippen LogP contribution in [0.15, 0.2) is 12.1 Å². The fourth-order valence-electron chi connectivity index (χ4n) is 1.91. The molecule has 5 N–H and O–H groups in total. The molecule has 1 rings (SSSR count). The van der Waals surface area contributed by atoms with Gasteiger partial charge in [-0.15, -0.1) is 0 Å². The molecule has 0 heterocycles. The molecule has 1 aromatic carbocycles. The van der Waals surface area contributed by atoms with Crippen LogP contribution in [-0.2, 0) is 0 Å². The summed E-state index contributed by atoms with van der Waals surface area (Å²) in [6, 6.07) is 3.79. The van der Waals surface area contributed by atoms with Gasteiger partial charge in [0.1, 0.15) is 6.10 Å². The van der Waals surface area contributed by atoms with Gasteiger partial charge >= 0.3 is 0 Å². The standard InChI is InChI=1S/C13H22N2O2/c1-8-6-9(2)12(14)10(7-8)13(17)11(16)4-5-15-3/h6-7,11,13,15-17H,4-5,14H2,1-3H3. The average Bonchev–Trinajstić information content (AvgIpc) is 2.29. The van der Waals surface area contributed by atoms with E-state index in [4.69, 9.17) is 5.73 Å². The molecule has 0 aliphatic heterocycles. The highest BCUT2D eigenvalue weighted by molar-refractivity contribution is 5.56. The molecule has 0 spiro atoms. The molecule has 0 aromatic heterocycles. The number of hydrogen-bond acceptors (Lipinski definition) is 4. The number of benzene rings is 1. The Labute approximate surface area is 102 Å². The second-order valence-corrected chi connectivity index (χ2v) is 4.49. The van der Waals surface area contributed by atoms with Crippen molar-refractivity contribution in [2.45, 2.75) is 32.5 Å². The topological polar surface area (TPSA) is 78.5 Å². The zero-order valence-corrected chi connectivity index (χ0v) is 10.7. The van der Waals surface area contributed by atoms with Crippen LogP contribution in [-0.4, -0.2) is 29.9 Å². The highest BCUT2D eigenvalue weighted by Gasteiger charge is 2.21. The van der Waals surface area contributed by atoms with Crippen molar-refractivity contribution in [1.82, 2.24) is 5.32 Å². The van der Waals surface area contributed by atoms with Gasteiger partial charge in [0.25, 0.3) is 0 Å². The molecule has 4 nitrogen and oxygen atoms in total. The second-order valence-electron chi connectivity index (χ2n) is 4.49. The molecular formula is C13H22N2O2. The first-order chi connectivity index (χ1) is 7.97. The summed E-state index contributed by atoms with van der Waals surface area (Å²) in [7, 11) is 1.81. The van der Waals surface area contributed by atoms with E-state index in [1.165, 1.54) is 0 Å². The van der Waals surface area contributed by atoms with Gasteiger partial charge in [0, 0.05) is 11.3 Å². The third-order valence-electron chi connectivity index (χ3n) is 2.94. The van der Waals surface area contributed by atoms with E-state index >= 15 is 0 Å². The van der Waals surface area contributed by atoms with Gasteiger partial charge in [0.05, 0.1) is 6.10 Å². The molecule has 0 saturated carbocycles. The van der Waals surface area contributed by atoms with Crippen LogP contribution in [0, 0.1) is 13.8 Å². The number of nitrogen functional groups attached to an aromatic ring is 1. The molecule has 2 atom stereocenters. The van der Waals surface area contributed by atoms with Crippen molar-refractivity contribution >= 4 is 5.69 Å². The minimum Gasteiger partial charge on any atom is -0.398 e. The molecule has 17 heavy (non-hydrogen) atoms. The predicted molar refractivity (Wildman–Crippen MR) is 69.8 cm³/mol. The van der Waals surface area contributed by atoms with Crippen LogP contribution in [0.4, 0.5) is 5.69 Å². The summed E-state index contributed by atoms with van der Waals surface area (Å²) in [5, 5.41) is 22.9. The first-order valence-electron chi connectivity index (χ1n) is 5.84. The molecule has 0 aliphatic rings. The average molecular weight is 238 g/mol. The maximum Gasteiger partial charge on any atom is 0.107 e. The van der Waals surface area contributed by atoms with Crippen molar-refractivity contribution in [3.05, 3.63) is 28.8 Å². The monoisotopic (exact) mass is 238 g/mol. The number of nitrogens with two attached hydrogens (primary N) is 1. The summed E-state index contributed by atoms with van der Waals surface area (Å²) < 4.78 is 0. The summed E-state index contributed by atoms with van der Waals surface area (Å²) in [5.74, 6) is 0. The van der Waals surface area contributed by atoms with E-state index in [-0.39, 0.29) is 0 Å². The summed E-state index contributed by atoms with van der Waals surface area (Å²) in [6.07, 6.45) is -1.24. The van der Waals surface area contributed by atoms with E-state index in [9.17, 15) is 10.2 Å². The van der Waals surface area contributed by atoms with Crippen LogP contribution in [0.5, 0.6) is 0 Å². The van der Waals surface area contributed by atoms with Gasteiger partial charge < -0.3 is 21.3 Å². The minimum absolute atomic E-state index is 0.490. The van der Waals surface area contributed by atoms with Gasteiger partial charge in [-0.1, -0.05) is 17.7 Å². The lowest BCUT2D eigenvalue weighted by atomic mass is 9.96. The summed E-state index contributed by atoms with van der Waals surface area (Å²) >= 11 is 0. The van der Waals surface area contributed by atoms with E-state index in [1.807, 2.05) is 33.0 Å². The van der Waals surface area contributed by atoms with Gasteiger partial charge in [0.15, 0.2) is 0 Å². The summed E-state index contributed by atoms with van der Waals surface area (Å²) in [5.41, 5.74) is 9.07. The largest absolute Gasteiger partial charge is 0.398 e. The van der Waals surface area contributed by atoms with Gasteiger partial charge in [-0.25, -0.2) is 0 Å². The lowest BCUT2D eigenvalue weighted by molar-refractivity contribution is 0.0144. The zero-order chi connectivity index (χ0) is 13.0. The Morgan fingerprint density at radius 3 is 2.53 bits per heavy atom. The Morgan fingerprint density at radius 1 is 1.29 bits per heavy atom. The van der Waals surface area contributed by atoms with Crippen LogP contribution in [0.25, 0.3) is 0 Å². The number of nitrogens with one attached hydrogen (secondary N) is 1. The van der Waals surface area contributed by atoms with Crippen molar-refractivity contribution in [1.29, 1.82) is 0 Å².